The number of hydrogen-bond donors (Lipinski definition) is 7. The summed E-state index contributed by atoms with van der Waals surface area (Å²) in [4.78, 5) is 11.6. The smallest absolute Gasteiger partial charge is 0.217 e. The average Bonchev–Trinajstić information content (AvgIpc) is 2.64. The fourth-order valence-corrected chi connectivity index (χ4v) is 3.44. The van der Waals surface area contributed by atoms with Crippen LogP contribution >= 0.6 is 0 Å². The topological polar surface area (TPSA) is 178 Å². The second kappa shape index (κ2) is 9.54. The number of amides is 1. The Bertz CT molecular complexity index is 492. The minimum atomic E-state index is -1.66. The van der Waals surface area contributed by atoms with Crippen molar-refractivity contribution in [1.82, 2.24) is 5.32 Å². The molecule has 0 spiro atoms. The quantitative estimate of drug-likeness (QED) is 0.236. The standard InChI is InChI=1S/C16H29NO10/c1-3-7-10(17-6(2)20)15(12(22)9(5-19)25-7)27-16-14(24)13(23)11(21)8(4-18)26-16/h7-16,18-19,21-24H,3-5H2,1-2H3,(H,17,20). The Morgan fingerprint density at radius 2 is 1.52 bits per heavy atom. The van der Waals surface area contributed by atoms with Gasteiger partial charge in [0.15, 0.2) is 6.29 Å². The third kappa shape index (κ3) is 4.75. The number of aliphatic hydroxyl groups is 6. The highest BCUT2D eigenvalue weighted by molar-refractivity contribution is 5.73. The van der Waals surface area contributed by atoms with Crippen LogP contribution in [0.15, 0.2) is 0 Å². The van der Waals surface area contributed by atoms with Crippen LogP contribution in [0.1, 0.15) is 20.3 Å². The lowest BCUT2D eigenvalue weighted by Crippen LogP contribution is -2.67. The van der Waals surface area contributed by atoms with Crippen LogP contribution in [0.3, 0.4) is 0 Å². The minimum absolute atomic E-state index is 0.404. The zero-order valence-corrected chi connectivity index (χ0v) is 15.2. The van der Waals surface area contributed by atoms with Crippen LogP contribution in [-0.4, -0.2) is 111 Å². The molecular formula is C16H29NO10. The van der Waals surface area contributed by atoms with E-state index in [1.807, 2.05) is 0 Å². The highest BCUT2D eigenvalue weighted by Gasteiger charge is 2.50. The zero-order valence-electron chi connectivity index (χ0n) is 15.2. The number of carbonyl (C=O) groups excluding carboxylic acids is 1. The van der Waals surface area contributed by atoms with Gasteiger partial charge in [-0.1, -0.05) is 6.92 Å². The Balaban J connectivity index is 2.25. The van der Waals surface area contributed by atoms with Gasteiger partial charge in [0, 0.05) is 6.92 Å². The van der Waals surface area contributed by atoms with Gasteiger partial charge in [0.05, 0.1) is 25.4 Å². The molecule has 158 valence electrons. The average molecular weight is 395 g/mol. The normalized spacial score (nSPS) is 45.5. The maximum absolute atomic E-state index is 11.6. The van der Waals surface area contributed by atoms with Crippen LogP contribution in [-0.2, 0) is 19.0 Å². The van der Waals surface area contributed by atoms with E-state index in [2.05, 4.69) is 5.32 Å². The van der Waals surface area contributed by atoms with Crippen LogP contribution in [0.5, 0.6) is 0 Å². The SMILES string of the molecule is CCC1OC(CO)C(O)C(OC2OC(CO)C(O)C(O)C2O)C1NC(C)=O. The molecule has 10 unspecified atom stereocenters. The predicted octanol–water partition coefficient (Wildman–Crippen LogP) is -3.79. The summed E-state index contributed by atoms with van der Waals surface area (Å²) < 4.78 is 16.6. The number of hydrogen-bond acceptors (Lipinski definition) is 10. The molecule has 2 rings (SSSR count). The van der Waals surface area contributed by atoms with Gasteiger partial charge in [-0.25, -0.2) is 0 Å². The summed E-state index contributed by atoms with van der Waals surface area (Å²) in [5.74, 6) is -0.404. The van der Waals surface area contributed by atoms with Crippen LogP contribution in [0.25, 0.3) is 0 Å². The zero-order chi connectivity index (χ0) is 20.3. The molecule has 2 saturated heterocycles. The lowest BCUT2D eigenvalue weighted by molar-refractivity contribution is -0.332. The molecule has 10 atom stereocenters. The Hall–Kier alpha value is -0.890. The highest BCUT2D eigenvalue weighted by Crippen LogP contribution is 2.30. The van der Waals surface area contributed by atoms with Crippen molar-refractivity contribution in [2.45, 2.75) is 81.4 Å². The third-order valence-electron chi connectivity index (χ3n) is 4.91. The Labute approximate surface area is 156 Å². The molecule has 0 bridgehead atoms. The second-order valence-corrected chi connectivity index (χ2v) is 6.82. The van der Waals surface area contributed by atoms with E-state index in [4.69, 9.17) is 14.2 Å². The van der Waals surface area contributed by atoms with Crippen LogP contribution in [0.2, 0.25) is 0 Å². The van der Waals surface area contributed by atoms with Crippen molar-refractivity contribution in [3.63, 3.8) is 0 Å². The molecule has 2 heterocycles. The number of nitrogens with one attached hydrogen (secondary N) is 1. The summed E-state index contributed by atoms with van der Waals surface area (Å²) in [6.45, 7) is 1.94. The Morgan fingerprint density at radius 1 is 0.926 bits per heavy atom. The number of aliphatic hydroxyl groups excluding tert-OH is 6. The predicted molar refractivity (Wildman–Crippen MR) is 88.3 cm³/mol. The van der Waals surface area contributed by atoms with E-state index in [0.717, 1.165) is 0 Å². The van der Waals surface area contributed by atoms with Crippen molar-refractivity contribution in [3.05, 3.63) is 0 Å². The van der Waals surface area contributed by atoms with Gasteiger partial charge in [-0.3, -0.25) is 4.79 Å². The molecular weight excluding hydrogens is 366 g/mol. The molecule has 0 aromatic heterocycles. The van der Waals surface area contributed by atoms with Crippen molar-refractivity contribution in [1.29, 1.82) is 0 Å². The maximum Gasteiger partial charge on any atom is 0.217 e. The van der Waals surface area contributed by atoms with Gasteiger partial charge in [0.2, 0.25) is 5.91 Å². The van der Waals surface area contributed by atoms with Gasteiger partial charge in [-0.05, 0) is 6.42 Å². The fourth-order valence-electron chi connectivity index (χ4n) is 3.44. The first-order valence-corrected chi connectivity index (χ1v) is 8.92. The molecule has 0 radical (unpaired) electrons. The van der Waals surface area contributed by atoms with Gasteiger partial charge in [-0.15, -0.1) is 0 Å². The van der Waals surface area contributed by atoms with Crippen molar-refractivity contribution in [2.24, 2.45) is 0 Å². The Kier molecular flexibility index (Phi) is 7.92. The van der Waals surface area contributed by atoms with Crippen LogP contribution in [0, 0.1) is 0 Å². The molecule has 0 aromatic carbocycles. The van der Waals surface area contributed by atoms with Crippen molar-refractivity contribution < 1.29 is 49.6 Å². The van der Waals surface area contributed by atoms with E-state index >= 15 is 0 Å². The van der Waals surface area contributed by atoms with Gasteiger partial charge in [-0.2, -0.15) is 0 Å². The highest BCUT2D eigenvalue weighted by atomic mass is 16.7. The lowest BCUT2D eigenvalue weighted by atomic mass is 9.90. The first-order chi connectivity index (χ1) is 12.7. The number of rotatable bonds is 6. The molecule has 11 nitrogen and oxygen atoms in total. The minimum Gasteiger partial charge on any atom is -0.394 e. The summed E-state index contributed by atoms with van der Waals surface area (Å²) in [6, 6.07) is -0.822. The monoisotopic (exact) mass is 395 g/mol. The van der Waals surface area contributed by atoms with Crippen LogP contribution < -0.4 is 5.32 Å². The van der Waals surface area contributed by atoms with Crippen molar-refractivity contribution >= 4 is 5.91 Å². The molecule has 2 aliphatic rings. The summed E-state index contributed by atoms with van der Waals surface area (Å²) >= 11 is 0. The fraction of sp³-hybridized carbons (Fsp3) is 0.938. The summed E-state index contributed by atoms with van der Waals surface area (Å²) in [5.41, 5.74) is 0. The van der Waals surface area contributed by atoms with E-state index in [1.165, 1.54) is 6.92 Å². The van der Waals surface area contributed by atoms with E-state index in [1.54, 1.807) is 6.92 Å². The number of carbonyl (C=O) groups is 1. The summed E-state index contributed by atoms with van der Waals surface area (Å²) in [5, 5.41) is 61.8. The summed E-state index contributed by atoms with van der Waals surface area (Å²) in [7, 11) is 0. The third-order valence-corrected chi connectivity index (χ3v) is 4.91. The molecule has 0 saturated carbocycles. The molecule has 7 N–H and O–H groups in total. The van der Waals surface area contributed by atoms with E-state index in [9.17, 15) is 35.4 Å². The van der Waals surface area contributed by atoms with E-state index < -0.39 is 80.3 Å². The van der Waals surface area contributed by atoms with Crippen LogP contribution in [0.4, 0.5) is 0 Å². The first kappa shape index (κ1) is 22.4. The molecule has 0 aliphatic carbocycles. The van der Waals surface area contributed by atoms with E-state index in [-0.39, 0.29) is 0 Å². The first-order valence-electron chi connectivity index (χ1n) is 8.92. The molecule has 11 heteroatoms. The van der Waals surface area contributed by atoms with Crippen molar-refractivity contribution in [2.75, 3.05) is 13.2 Å². The largest absolute Gasteiger partial charge is 0.394 e. The summed E-state index contributed by atoms with van der Waals surface area (Å²) in [6.07, 6.45) is -11.2. The van der Waals surface area contributed by atoms with Crippen molar-refractivity contribution in [3.8, 4) is 0 Å². The van der Waals surface area contributed by atoms with Gasteiger partial charge in [0.1, 0.15) is 42.7 Å². The maximum atomic E-state index is 11.6. The lowest BCUT2D eigenvalue weighted by Gasteiger charge is -2.47. The Morgan fingerprint density at radius 3 is 2.04 bits per heavy atom. The van der Waals surface area contributed by atoms with Gasteiger partial charge < -0.3 is 50.2 Å². The van der Waals surface area contributed by atoms with Gasteiger partial charge >= 0.3 is 0 Å². The molecule has 2 aliphatic heterocycles. The second-order valence-electron chi connectivity index (χ2n) is 6.82. The molecule has 2 fully saturated rings. The number of ether oxygens (including phenoxy) is 3. The molecule has 1 amide bonds. The van der Waals surface area contributed by atoms with Gasteiger partial charge in [0.25, 0.3) is 0 Å². The molecule has 0 aromatic rings. The molecule has 27 heavy (non-hydrogen) atoms. The van der Waals surface area contributed by atoms with E-state index in [0.29, 0.717) is 6.42 Å².